The minimum atomic E-state index is -0.304. The van der Waals surface area contributed by atoms with Crippen molar-refractivity contribution < 1.29 is 9.53 Å². The molecule has 0 unspecified atom stereocenters. The van der Waals surface area contributed by atoms with Gasteiger partial charge in [-0.15, -0.1) is 0 Å². The Morgan fingerprint density at radius 2 is 1.82 bits per heavy atom. The molecule has 0 aliphatic carbocycles. The summed E-state index contributed by atoms with van der Waals surface area (Å²) in [6.07, 6.45) is 3.98. The monoisotopic (exact) mass is 483 g/mol. The Morgan fingerprint density at radius 3 is 2.58 bits per heavy atom. The highest BCUT2D eigenvalue weighted by molar-refractivity contribution is 6.32. The van der Waals surface area contributed by atoms with Gasteiger partial charge in [0.15, 0.2) is 0 Å². The molecule has 33 heavy (non-hydrogen) atoms. The van der Waals surface area contributed by atoms with Gasteiger partial charge in [0, 0.05) is 29.1 Å². The van der Waals surface area contributed by atoms with Crippen molar-refractivity contribution in [3.8, 4) is 16.9 Å². The molecule has 4 rings (SSSR count). The summed E-state index contributed by atoms with van der Waals surface area (Å²) in [5, 5.41) is 7.81. The molecule has 3 aromatic rings. The molecule has 5 nitrogen and oxygen atoms in total. The van der Waals surface area contributed by atoms with Crippen LogP contribution in [-0.4, -0.2) is 30.6 Å². The average Bonchev–Trinajstić information content (AvgIpc) is 2.85. The van der Waals surface area contributed by atoms with E-state index in [2.05, 4.69) is 15.6 Å². The van der Waals surface area contributed by atoms with Crippen LogP contribution in [0.3, 0.4) is 0 Å². The topological polar surface area (TPSA) is 63.2 Å². The lowest BCUT2D eigenvalue weighted by Gasteiger charge is -2.26. The molecule has 0 radical (unpaired) electrons. The minimum absolute atomic E-state index is 0.000861. The summed E-state index contributed by atoms with van der Waals surface area (Å²) in [5.74, 6) is 0.689. The van der Waals surface area contributed by atoms with Gasteiger partial charge in [-0.2, -0.15) is 0 Å². The number of benzene rings is 2. The number of pyridine rings is 1. The molecule has 1 fully saturated rings. The molecule has 1 saturated heterocycles. The number of piperidine rings is 1. The fraction of sp³-hybridized carbons (Fsp3) is 0.308. The normalized spacial score (nSPS) is 15.1. The molecular formula is C26H27Cl2N3O2. The highest BCUT2D eigenvalue weighted by Gasteiger charge is 2.26. The van der Waals surface area contributed by atoms with Crippen LogP contribution in [0.25, 0.3) is 11.1 Å². The van der Waals surface area contributed by atoms with Crippen molar-refractivity contribution >= 4 is 29.1 Å². The number of carbonyl (C=O) groups is 1. The van der Waals surface area contributed by atoms with E-state index in [0.29, 0.717) is 28.8 Å². The van der Waals surface area contributed by atoms with E-state index in [1.807, 2.05) is 54.6 Å². The first-order valence-electron chi connectivity index (χ1n) is 11.2. The van der Waals surface area contributed by atoms with Crippen molar-refractivity contribution in [2.24, 2.45) is 5.92 Å². The molecule has 0 saturated carbocycles. The van der Waals surface area contributed by atoms with Crippen molar-refractivity contribution in [2.45, 2.75) is 25.3 Å². The van der Waals surface area contributed by atoms with Gasteiger partial charge < -0.3 is 15.4 Å². The van der Waals surface area contributed by atoms with Gasteiger partial charge in [-0.25, -0.2) is 0 Å². The zero-order valence-electron chi connectivity index (χ0n) is 18.3. The predicted octanol–water partition coefficient (Wildman–Crippen LogP) is 5.68. The standard InChI is InChI=1S/C26H27Cl2N3O2/c27-20-9-7-18(8-10-20)21-4-3-14-30-25(21)23(31-26(32)19-11-15-29-16-12-19)13-17-33-24-6-2-1-5-22(24)28/h1-10,14,19,23,29H,11-13,15-17H2,(H,31,32)/t23-/m0/s1. The van der Waals surface area contributed by atoms with E-state index in [1.165, 1.54) is 0 Å². The number of aromatic nitrogens is 1. The SMILES string of the molecule is O=C(N[C@@H](CCOc1ccccc1Cl)c1ncccc1-c1ccc(Cl)cc1)C1CCNCC1. The summed E-state index contributed by atoms with van der Waals surface area (Å²) < 4.78 is 5.94. The molecule has 1 aliphatic heterocycles. The second kappa shape index (κ2) is 11.5. The van der Waals surface area contributed by atoms with Gasteiger partial charge >= 0.3 is 0 Å². The Morgan fingerprint density at radius 1 is 1.06 bits per heavy atom. The van der Waals surface area contributed by atoms with E-state index in [1.54, 1.807) is 12.3 Å². The maximum Gasteiger partial charge on any atom is 0.223 e. The number of hydrogen-bond donors (Lipinski definition) is 2. The molecule has 2 N–H and O–H groups in total. The van der Waals surface area contributed by atoms with Gasteiger partial charge in [0.2, 0.25) is 5.91 Å². The molecule has 172 valence electrons. The second-order valence-corrected chi connectivity index (χ2v) is 8.94. The first-order chi connectivity index (χ1) is 16.1. The Hall–Kier alpha value is -2.60. The number of hydrogen-bond acceptors (Lipinski definition) is 4. The van der Waals surface area contributed by atoms with Crippen LogP contribution in [-0.2, 0) is 4.79 Å². The average molecular weight is 484 g/mol. The largest absolute Gasteiger partial charge is 0.492 e. The van der Waals surface area contributed by atoms with Gasteiger partial charge in [-0.1, -0.05) is 53.5 Å². The van der Waals surface area contributed by atoms with Crippen molar-refractivity contribution in [1.29, 1.82) is 0 Å². The van der Waals surface area contributed by atoms with E-state index in [4.69, 9.17) is 27.9 Å². The first kappa shape index (κ1) is 23.6. The molecule has 1 atom stereocenters. The predicted molar refractivity (Wildman–Crippen MR) is 133 cm³/mol. The number of halogens is 2. The van der Waals surface area contributed by atoms with E-state index in [0.717, 1.165) is 42.8 Å². The van der Waals surface area contributed by atoms with E-state index in [9.17, 15) is 4.79 Å². The molecule has 1 aliphatic rings. The molecule has 7 heteroatoms. The zero-order valence-corrected chi connectivity index (χ0v) is 19.8. The van der Waals surface area contributed by atoms with Crippen LogP contribution in [0.1, 0.15) is 31.0 Å². The van der Waals surface area contributed by atoms with Crippen molar-refractivity contribution in [3.05, 3.63) is 82.6 Å². The quantitative estimate of drug-likeness (QED) is 0.432. The van der Waals surface area contributed by atoms with Crippen LogP contribution in [0.2, 0.25) is 10.0 Å². The molecular weight excluding hydrogens is 457 g/mol. The summed E-state index contributed by atoms with van der Waals surface area (Å²) in [6.45, 7) is 2.10. The van der Waals surface area contributed by atoms with E-state index in [-0.39, 0.29) is 17.9 Å². The third-order valence-electron chi connectivity index (χ3n) is 5.85. The third-order valence-corrected chi connectivity index (χ3v) is 6.42. The smallest absolute Gasteiger partial charge is 0.223 e. The Kier molecular flexibility index (Phi) is 8.21. The first-order valence-corrected chi connectivity index (χ1v) is 12.0. The van der Waals surface area contributed by atoms with Crippen LogP contribution in [0.5, 0.6) is 5.75 Å². The Balaban J connectivity index is 1.57. The highest BCUT2D eigenvalue weighted by atomic mass is 35.5. The van der Waals surface area contributed by atoms with Crippen molar-refractivity contribution in [2.75, 3.05) is 19.7 Å². The van der Waals surface area contributed by atoms with Crippen LogP contribution in [0.4, 0.5) is 0 Å². The summed E-state index contributed by atoms with van der Waals surface area (Å²) in [4.78, 5) is 17.8. The lowest BCUT2D eigenvalue weighted by molar-refractivity contribution is -0.126. The van der Waals surface area contributed by atoms with Gasteiger partial charge in [-0.3, -0.25) is 9.78 Å². The van der Waals surface area contributed by atoms with Gasteiger partial charge in [0.05, 0.1) is 23.4 Å². The summed E-state index contributed by atoms with van der Waals surface area (Å²) in [7, 11) is 0. The zero-order chi connectivity index (χ0) is 23.0. The third kappa shape index (κ3) is 6.26. The van der Waals surface area contributed by atoms with Crippen LogP contribution in [0.15, 0.2) is 66.9 Å². The highest BCUT2D eigenvalue weighted by Crippen LogP contribution is 2.30. The minimum Gasteiger partial charge on any atom is -0.492 e. The lowest BCUT2D eigenvalue weighted by Crippen LogP contribution is -2.40. The molecule has 1 aromatic heterocycles. The Labute approximate surface area is 204 Å². The van der Waals surface area contributed by atoms with Gasteiger partial charge in [-0.05, 0) is 61.8 Å². The maximum absolute atomic E-state index is 13.1. The number of carbonyl (C=O) groups excluding carboxylic acids is 1. The molecule has 2 aromatic carbocycles. The number of amides is 1. The van der Waals surface area contributed by atoms with Crippen LogP contribution < -0.4 is 15.4 Å². The fourth-order valence-electron chi connectivity index (χ4n) is 4.07. The van der Waals surface area contributed by atoms with Crippen molar-refractivity contribution in [3.63, 3.8) is 0 Å². The Bertz CT molecular complexity index is 1070. The van der Waals surface area contributed by atoms with Crippen molar-refractivity contribution in [1.82, 2.24) is 15.6 Å². The number of rotatable bonds is 8. The molecule has 2 heterocycles. The molecule has 0 spiro atoms. The van der Waals surface area contributed by atoms with Crippen LogP contribution in [0, 0.1) is 5.92 Å². The lowest BCUT2D eigenvalue weighted by atomic mass is 9.94. The second-order valence-electron chi connectivity index (χ2n) is 8.10. The summed E-state index contributed by atoms with van der Waals surface area (Å²) in [6, 6.07) is 18.6. The number of nitrogens with one attached hydrogen (secondary N) is 2. The van der Waals surface area contributed by atoms with Gasteiger partial charge in [0.25, 0.3) is 0 Å². The number of para-hydroxylation sites is 1. The van der Waals surface area contributed by atoms with Crippen LogP contribution >= 0.6 is 23.2 Å². The maximum atomic E-state index is 13.1. The van der Waals surface area contributed by atoms with E-state index >= 15 is 0 Å². The number of nitrogens with zero attached hydrogens (tertiary/aromatic N) is 1. The van der Waals surface area contributed by atoms with E-state index < -0.39 is 0 Å². The number of ether oxygens (including phenoxy) is 1. The van der Waals surface area contributed by atoms with Gasteiger partial charge in [0.1, 0.15) is 5.75 Å². The summed E-state index contributed by atoms with van der Waals surface area (Å²) in [5.41, 5.74) is 2.77. The summed E-state index contributed by atoms with van der Waals surface area (Å²) >= 11 is 12.3. The molecule has 0 bridgehead atoms. The fourth-order valence-corrected chi connectivity index (χ4v) is 4.38. The molecule has 1 amide bonds.